The fourth-order valence-electron chi connectivity index (χ4n) is 3.98. The minimum absolute atomic E-state index is 0.0617. The van der Waals surface area contributed by atoms with Crippen LogP contribution in [-0.2, 0) is 0 Å². The molecule has 5 rings (SSSR count). The zero-order valence-electron chi connectivity index (χ0n) is 16.2. The fourth-order valence-corrected chi connectivity index (χ4v) is 4.70. The summed E-state index contributed by atoms with van der Waals surface area (Å²) in [6.45, 7) is 0. The molecule has 0 radical (unpaired) electrons. The van der Waals surface area contributed by atoms with Gasteiger partial charge in [0.15, 0.2) is 4.96 Å². The maximum atomic E-state index is 12.8. The molecule has 1 aromatic carbocycles. The largest absolute Gasteiger partial charge is 0.490 e. The Morgan fingerprint density at radius 2 is 2.07 bits per heavy atom. The fraction of sp³-hybridized carbons (Fsp3) is 0.273. The number of benzene rings is 1. The number of ether oxygens (including phenoxy) is 1. The molecule has 4 aromatic rings. The summed E-state index contributed by atoms with van der Waals surface area (Å²) in [7, 11) is 0. The second-order valence-corrected chi connectivity index (χ2v) is 8.33. The first-order valence-corrected chi connectivity index (χ1v) is 10.8. The van der Waals surface area contributed by atoms with Crippen LogP contribution in [0, 0.1) is 0 Å². The highest BCUT2D eigenvalue weighted by molar-refractivity contribution is 7.15. The van der Waals surface area contributed by atoms with Gasteiger partial charge in [-0.25, -0.2) is 0 Å². The van der Waals surface area contributed by atoms with Gasteiger partial charge in [0, 0.05) is 46.9 Å². The number of carbonyl (C=O) groups is 1. The van der Waals surface area contributed by atoms with Crippen molar-refractivity contribution in [3.05, 3.63) is 70.4 Å². The molecule has 1 aliphatic carbocycles. The van der Waals surface area contributed by atoms with E-state index in [2.05, 4.69) is 15.3 Å². The van der Waals surface area contributed by atoms with Crippen molar-refractivity contribution in [2.24, 2.45) is 0 Å². The van der Waals surface area contributed by atoms with Crippen LogP contribution >= 0.6 is 11.3 Å². The van der Waals surface area contributed by atoms with Gasteiger partial charge in [-0.1, -0.05) is 12.1 Å². The van der Waals surface area contributed by atoms with Crippen LogP contribution in [0.4, 0.5) is 0 Å². The van der Waals surface area contributed by atoms with E-state index in [-0.39, 0.29) is 18.1 Å². The molecule has 0 bridgehead atoms. The number of rotatable bonds is 4. The first-order valence-electron chi connectivity index (χ1n) is 9.94. The SMILES string of the molecule is O=C(NC1CCC(Oc2cccc3cnccc23)CC1)c1cc(=O)nc2sccn12. The van der Waals surface area contributed by atoms with E-state index in [1.54, 1.807) is 16.8 Å². The topological polar surface area (TPSA) is 85.6 Å². The van der Waals surface area contributed by atoms with E-state index in [9.17, 15) is 9.59 Å². The second kappa shape index (κ2) is 7.87. The van der Waals surface area contributed by atoms with Gasteiger partial charge in [-0.2, -0.15) is 4.98 Å². The van der Waals surface area contributed by atoms with E-state index in [0.29, 0.717) is 10.7 Å². The van der Waals surface area contributed by atoms with E-state index in [4.69, 9.17) is 4.74 Å². The number of carbonyl (C=O) groups excluding carboxylic acids is 1. The molecule has 152 valence electrons. The summed E-state index contributed by atoms with van der Waals surface area (Å²) < 4.78 is 7.93. The Balaban J connectivity index is 1.23. The maximum Gasteiger partial charge on any atom is 0.274 e. The molecule has 8 heteroatoms. The molecule has 3 heterocycles. The Labute approximate surface area is 176 Å². The van der Waals surface area contributed by atoms with Gasteiger partial charge in [0.2, 0.25) is 0 Å². The Morgan fingerprint density at radius 3 is 2.93 bits per heavy atom. The van der Waals surface area contributed by atoms with Crippen molar-refractivity contribution in [1.29, 1.82) is 0 Å². The van der Waals surface area contributed by atoms with Crippen molar-refractivity contribution in [3.63, 3.8) is 0 Å². The summed E-state index contributed by atoms with van der Waals surface area (Å²) >= 11 is 1.33. The summed E-state index contributed by atoms with van der Waals surface area (Å²) in [5.41, 5.74) is -0.0704. The molecule has 1 N–H and O–H groups in total. The lowest BCUT2D eigenvalue weighted by Gasteiger charge is -2.30. The highest BCUT2D eigenvalue weighted by atomic mass is 32.1. The van der Waals surface area contributed by atoms with Crippen LogP contribution in [0.25, 0.3) is 15.7 Å². The van der Waals surface area contributed by atoms with Crippen molar-refractivity contribution in [1.82, 2.24) is 19.7 Å². The molecule has 1 amide bonds. The Hall–Kier alpha value is -3.26. The van der Waals surface area contributed by atoms with E-state index in [1.807, 2.05) is 35.8 Å². The van der Waals surface area contributed by atoms with Crippen molar-refractivity contribution in [2.75, 3.05) is 0 Å². The highest BCUT2D eigenvalue weighted by Gasteiger charge is 2.25. The molecular weight excluding hydrogens is 400 g/mol. The number of hydrogen-bond donors (Lipinski definition) is 1. The van der Waals surface area contributed by atoms with E-state index in [0.717, 1.165) is 42.2 Å². The predicted octanol–water partition coefficient (Wildman–Crippen LogP) is 3.42. The Bertz CT molecular complexity index is 1270. The van der Waals surface area contributed by atoms with Gasteiger partial charge in [-0.05, 0) is 37.8 Å². The van der Waals surface area contributed by atoms with Crippen molar-refractivity contribution in [2.45, 2.75) is 37.8 Å². The first-order chi connectivity index (χ1) is 14.7. The number of nitrogens with one attached hydrogen (secondary N) is 1. The monoisotopic (exact) mass is 420 g/mol. The average molecular weight is 420 g/mol. The summed E-state index contributed by atoms with van der Waals surface area (Å²) in [6, 6.07) is 9.32. The van der Waals surface area contributed by atoms with Crippen LogP contribution in [0.2, 0.25) is 0 Å². The number of thiazole rings is 1. The smallest absolute Gasteiger partial charge is 0.274 e. The van der Waals surface area contributed by atoms with Crippen LogP contribution in [0.15, 0.2) is 59.1 Å². The molecule has 0 atom stereocenters. The molecule has 7 nitrogen and oxygen atoms in total. The second-order valence-electron chi connectivity index (χ2n) is 7.45. The van der Waals surface area contributed by atoms with Crippen LogP contribution < -0.4 is 15.6 Å². The van der Waals surface area contributed by atoms with E-state index in [1.165, 1.54) is 17.4 Å². The molecule has 0 aliphatic heterocycles. The molecule has 1 saturated carbocycles. The normalized spacial score (nSPS) is 19.1. The zero-order valence-corrected chi connectivity index (χ0v) is 17.0. The van der Waals surface area contributed by atoms with Gasteiger partial charge in [0.25, 0.3) is 11.5 Å². The van der Waals surface area contributed by atoms with Gasteiger partial charge in [0.05, 0.1) is 6.10 Å². The summed E-state index contributed by atoms with van der Waals surface area (Å²) in [6.07, 6.45) is 8.85. The molecule has 1 aliphatic rings. The molecule has 0 spiro atoms. The summed E-state index contributed by atoms with van der Waals surface area (Å²) in [5.74, 6) is 0.632. The van der Waals surface area contributed by atoms with Crippen LogP contribution in [-0.4, -0.2) is 32.4 Å². The molecule has 30 heavy (non-hydrogen) atoms. The number of amides is 1. The molecule has 1 fully saturated rings. The summed E-state index contributed by atoms with van der Waals surface area (Å²) in [4.78, 5) is 33.2. The highest BCUT2D eigenvalue weighted by Crippen LogP contribution is 2.29. The average Bonchev–Trinajstić information content (AvgIpc) is 3.23. The van der Waals surface area contributed by atoms with Crippen LogP contribution in [0.1, 0.15) is 36.2 Å². The lowest BCUT2D eigenvalue weighted by molar-refractivity contribution is 0.0888. The number of fused-ring (bicyclic) bond motifs is 2. The maximum absolute atomic E-state index is 12.8. The van der Waals surface area contributed by atoms with Crippen molar-refractivity contribution in [3.8, 4) is 5.75 Å². The van der Waals surface area contributed by atoms with Crippen LogP contribution in [0.5, 0.6) is 5.75 Å². The molecule has 0 saturated heterocycles. The quantitative estimate of drug-likeness (QED) is 0.547. The minimum Gasteiger partial charge on any atom is -0.490 e. The number of aromatic nitrogens is 3. The summed E-state index contributed by atoms with van der Waals surface area (Å²) in [5, 5.41) is 7.00. The van der Waals surface area contributed by atoms with Gasteiger partial charge >= 0.3 is 0 Å². The zero-order chi connectivity index (χ0) is 20.5. The van der Waals surface area contributed by atoms with Crippen molar-refractivity contribution >= 4 is 33.0 Å². The lowest BCUT2D eigenvalue weighted by Crippen LogP contribution is -2.40. The Morgan fingerprint density at radius 1 is 1.20 bits per heavy atom. The van der Waals surface area contributed by atoms with Crippen molar-refractivity contribution < 1.29 is 9.53 Å². The van der Waals surface area contributed by atoms with E-state index < -0.39 is 5.56 Å². The minimum atomic E-state index is -0.398. The molecular formula is C22H20N4O3S. The third-order valence-corrected chi connectivity index (χ3v) is 6.25. The lowest BCUT2D eigenvalue weighted by atomic mass is 9.92. The standard InChI is InChI=1S/C22H20N4O3S/c27-20-12-18(26-10-11-30-22(26)25-20)21(28)24-15-4-6-16(7-5-15)29-19-3-1-2-14-13-23-9-8-17(14)19/h1-3,8-13,15-16H,4-7H2,(H,24,28). The third-order valence-electron chi connectivity index (χ3n) is 5.49. The van der Waals surface area contributed by atoms with Gasteiger partial charge in [-0.3, -0.25) is 19.0 Å². The van der Waals surface area contributed by atoms with Crippen LogP contribution in [0.3, 0.4) is 0 Å². The van der Waals surface area contributed by atoms with Gasteiger partial charge in [0.1, 0.15) is 11.4 Å². The molecule has 3 aromatic heterocycles. The van der Waals surface area contributed by atoms with Gasteiger partial charge in [-0.15, -0.1) is 11.3 Å². The predicted molar refractivity (Wildman–Crippen MR) is 115 cm³/mol. The Kier molecular flexibility index (Phi) is 4.92. The van der Waals surface area contributed by atoms with E-state index >= 15 is 0 Å². The van der Waals surface area contributed by atoms with Gasteiger partial charge < -0.3 is 10.1 Å². The third kappa shape index (κ3) is 3.66. The first kappa shape index (κ1) is 18.7. The number of hydrogen-bond acceptors (Lipinski definition) is 6. The number of nitrogens with zero attached hydrogens (tertiary/aromatic N) is 3. The molecule has 0 unspecified atom stereocenters. The number of pyridine rings is 1.